The third kappa shape index (κ3) is 26.2. The summed E-state index contributed by atoms with van der Waals surface area (Å²) in [6.45, 7) is 16.0. The molecule has 1 N–H and O–H groups in total. The van der Waals surface area contributed by atoms with Gasteiger partial charge in [0.05, 0.1) is 0 Å². The highest BCUT2D eigenvalue weighted by atomic mass is 14.8. The van der Waals surface area contributed by atoms with Crippen LogP contribution in [0.15, 0.2) is 74.9 Å². The molecule has 1 nitrogen and oxygen atoms in total. The lowest BCUT2D eigenvalue weighted by atomic mass is 10.2. The normalized spacial score (nSPS) is 10.5. The molecule has 106 valence electrons. The summed E-state index contributed by atoms with van der Waals surface area (Å²) in [5.74, 6) is 0. The van der Waals surface area contributed by atoms with Gasteiger partial charge >= 0.3 is 0 Å². The summed E-state index contributed by atoms with van der Waals surface area (Å²) in [5, 5.41) is 3.05. The molecular formula is C18H29N. The summed E-state index contributed by atoms with van der Waals surface area (Å²) in [5.41, 5.74) is 0. The lowest BCUT2D eigenvalue weighted by Gasteiger charge is -1.90. The zero-order chi connectivity index (χ0) is 14.6. The second-order valence-electron chi connectivity index (χ2n) is 3.84. The van der Waals surface area contributed by atoms with Crippen LogP contribution in [0.5, 0.6) is 0 Å². The molecule has 0 unspecified atom stereocenters. The first kappa shape index (κ1) is 19.7. The average Bonchev–Trinajstić information content (AvgIpc) is 3.00. The number of rotatable bonds is 8. The zero-order valence-corrected chi connectivity index (χ0v) is 12.2. The van der Waals surface area contributed by atoms with E-state index in [9.17, 15) is 0 Å². The Labute approximate surface area is 119 Å². The Morgan fingerprint density at radius 2 is 1.26 bits per heavy atom. The highest BCUT2D eigenvalue weighted by molar-refractivity contribution is 5.11. The average molecular weight is 259 g/mol. The van der Waals surface area contributed by atoms with E-state index in [0.717, 1.165) is 32.4 Å². The Morgan fingerprint density at radius 1 is 0.789 bits per heavy atom. The summed E-state index contributed by atoms with van der Waals surface area (Å²) < 4.78 is 0. The molecule has 0 heterocycles. The van der Waals surface area contributed by atoms with E-state index in [-0.39, 0.29) is 0 Å². The maximum Gasteiger partial charge on any atom is 0.0135 e. The molecule has 0 aliphatic heterocycles. The number of hydrogen-bond acceptors (Lipinski definition) is 1. The second kappa shape index (κ2) is 21.7. The Balaban J connectivity index is 0. The fraction of sp³-hybridized carbons (Fsp3) is 0.333. The topological polar surface area (TPSA) is 12.0 Å². The van der Waals surface area contributed by atoms with Gasteiger partial charge in [-0.3, -0.25) is 0 Å². The van der Waals surface area contributed by atoms with Crippen molar-refractivity contribution in [3.63, 3.8) is 0 Å². The van der Waals surface area contributed by atoms with Crippen LogP contribution in [0.2, 0.25) is 0 Å². The van der Waals surface area contributed by atoms with E-state index in [0.29, 0.717) is 0 Å². The molecule has 0 atom stereocenters. The minimum atomic E-state index is 0.867. The van der Waals surface area contributed by atoms with Crippen LogP contribution < -0.4 is 5.32 Å². The van der Waals surface area contributed by atoms with Crippen LogP contribution >= 0.6 is 0 Å². The Kier molecular flexibility index (Phi) is 22.5. The van der Waals surface area contributed by atoms with E-state index >= 15 is 0 Å². The van der Waals surface area contributed by atoms with Crippen LogP contribution in [-0.4, -0.2) is 13.1 Å². The highest BCUT2D eigenvalue weighted by Crippen LogP contribution is 1.94. The fourth-order valence-corrected chi connectivity index (χ4v) is 1.09. The summed E-state index contributed by atoms with van der Waals surface area (Å²) in [4.78, 5) is 0. The smallest absolute Gasteiger partial charge is 0.0135 e. The van der Waals surface area contributed by atoms with Crippen LogP contribution in [-0.2, 0) is 0 Å². The lowest BCUT2D eigenvalue weighted by molar-refractivity contribution is 0.845. The van der Waals surface area contributed by atoms with Gasteiger partial charge in [0.2, 0.25) is 0 Å². The van der Waals surface area contributed by atoms with Crippen LogP contribution in [0, 0.1) is 0 Å². The summed E-state index contributed by atoms with van der Waals surface area (Å²) in [7, 11) is 0. The van der Waals surface area contributed by atoms with E-state index in [1.54, 1.807) is 0 Å². The first-order valence-corrected chi connectivity index (χ1v) is 6.79. The lowest BCUT2D eigenvalue weighted by Crippen LogP contribution is -2.11. The first-order valence-electron chi connectivity index (χ1n) is 6.79. The van der Waals surface area contributed by atoms with E-state index in [1.807, 2.05) is 24.3 Å². The molecule has 0 bridgehead atoms. The third-order valence-corrected chi connectivity index (χ3v) is 2.05. The van der Waals surface area contributed by atoms with Gasteiger partial charge in [0.15, 0.2) is 0 Å². The minimum absolute atomic E-state index is 0.867. The molecule has 19 heavy (non-hydrogen) atoms. The van der Waals surface area contributed by atoms with Gasteiger partial charge in [0.25, 0.3) is 0 Å². The van der Waals surface area contributed by atoms with Crippen molar-refractivity contribution in [3.8, 4) is 0 Å². The van der Waals surface area contributed by atoms with Gasteiger partial charge < -0.3 is 5.32 Å². The Morgan fingerprint density at radius 3 is 1.53 bits per heavy atom. The number of hydrogen-bond donors (Lipinski definition) is 1. The van der Waals surface area contributed by atoms with Gasteiger partial charge in [0, 0.05) is 13.1 Å². The monoisotopic (exact) mass is 259 g/mol. The Bertz CT molecular complexity index is 227. The summed E-state index contributed by atoms with van der Waals surface area (Å²) in [6, 6.07) is 0. The van der Waals surface area contributed by atoms with Crippen molar-refractivity contribution < 1.29 is 0 Å². The molecule has 1 rings (SSSR count). The first-order chi connectivity index (χ1) is 9.33. The number of allylic oxidation sites excluding steroid dienone is 6. The van der Waals surface area contributed by atoms with Crippen molar-refractivity contribution in [1.82, 2.24) is 5.32 Å². The molecule has 1 aliphatic rings. The SMILES string of the molecule is C1=CCC=C1.C=CCCCC=C.C=CCNCC=C. The summed E-state index contributed by atoms with van der Waals surface area (Å²) in [6.07, 6.45) is 20.4. The van der Waals surface area contributed by atoms with E-state index < -0.39 is 0 Å². The van der Waals surface area contributed by atoms with Crippen LogP contribution in [0.4, 0.5) is 0 Å². The molecule has 0 aromatic carbocycles. The molecule has 0 fully saturated rings. The number of nitrogens with one attached hydrogen (secondary N) is 1. The van der Waals surface area contributed by atoms with Gasteiger partial charge in [-0.05, 0) is 25.7 Å². The molecule has 0 radical (unpaired) electrons. The van der Waals surface area contributed by atoms with E-state index in [2.05, 4.69) is 55.9 Å². The van der Waals surface area contributed by atoms with Crippen LogP contribution in [0.25, 0.3) is 0 Å². The maximum absolute atomic E-state index is 3.60. The van der Waals surface area contributed by atoms with Crippen molar-refractivity contribution in [1.29, 1.82) is 0 Å². The molecule has 0 aromatic heterocycles. The standard InChI is InChI=1S/C7H12.C6H11N.C5H6/c2*1-3-5-7-6-4-2;1-2-4-5-3-1/h3-4H,1-2,5-7H2;3-4,7H,1-2,5-6H2;1-4H,5H2. The van der Waals surface area contributed by atoms with E-state index in [4.69, 9.17) is 0 Å². The third-order valence-electron chi connectivity index (χ3n) is 2.05. The van der Waals surface area contributed by atoms with Gasteiger partial charge in [-0.25, -0.2) is 0 Å². The van der Waals surface area contributed by atoms with Crippen molar-refractivity contribution in [3.05, 3.63) is 74.9 Å². The number of unbranched alkanes of at least 4 members (excludes halogenated alkanes) is 2. The van der Waals surface area contributed by atoms with Crippen molar-refractivity contribution in [2.24, 2.45) is 0 Å². The van der Waals surface area contributed by atoms with Crippen LogP contribution in [0.3, 0.4) is 0 Å². The molecule has 0 spiro atoms. The molecule has 0 saturated heterocycles. The maximum atomic E-state index is 3.60. The minimum Gasteiger partial charge on any atom is -0.310 e. The highest BCUT2D eigenvalue weighted by Gasteiger charge is 1.74. The molecule has 0 aromatic rings. The molecular weight excluding hydrogens is 230 g/mol. The van der Waals surface area contributed by atoms with Gasteiger partial charge in [-0.2, -0.15) is 0 Å². The van der Waals surface area contributed by atoms with Crippen LogP contribution in [0.1, 0.15) is 25.7 Å². The van der Waals surface area contributed by atoms with Gasteiger partial charge in [-0.15, -0.1) is 26.3 Å². The quantitative estimate of drug-likeness (QED) is 0.479. The fourth-order valence-electron chi connectivity index (χ4n) is 1.09. The van der Waals surface area contributed by atoms with Crippen molar-refractivity contribution >= 4 is 0 Å². The second-order valence-corrected chi connectivity index (χ2v) is 3.84. The van der Waals surface area contributed by atoms with E-state index in [1.165, 1.54) is 6.42 Å². The zero-order valence-electron chi connectivity index (χ0n) is 12.2. The van der Waals surface area contributed by atoms with Crippen molar-refractivity contribution in [2.45, 2.75) is 25.7 Å². The largest absolute Gasteiger partial charge is 0.310 e. The Hall–Kier alpha value is -1.60. The van der Waals surface area contributed by atoms with Gasteiger partial charge in [0.1, 0.15) is 0 Å². The molecule has 1 aliphatic carbocycles. The molecule has 0 amide bonds. The summed E-state index contributed by atoms with van der Waals surface area (Å²) >= 11 is 0. The predicted octanol–water partition coefficient (Wildman–Crippen LogP) is 4.98. The molecule has 0 saturated carbocycles. The van der Waals surface area contributed by atoms with Gasteiger partial charge in [-0.1, -0.05) is 48.6 Å². The predicted molar refractivity (Wildman–Crippen MR) is 90.4 cm³/mol. The molecule has 1 heteroatoms. The van der Waals surface area contributed by atoms with Crippen molar-refractivity contribution in [2.75, 3.05) is 13.1 Å².